The highest BCUT2D eigenvalue weighted by Gasteiger charge is 1.97. The summed E-state index contributed by atoms with van der Waals surface area (Å²) in [7, 11) is 0. The lowest BCUT2D eigenvalue weighted by Gasteiger charge is -1.97. The normalized spacial score (nSPS) is 11.5. The topological polar surface area (TPSA) is 43.8 Å². The summed E-state index contributed by atoms with van der Waals surface area (Å²) in [6.07, 6.45) is 5.85. The van der Waals surface area contributed by atoms with Crippen LogP contribution >= 0.6 is 0 Å². The summed E-state index contributed by atoms with van der Waals surface area (Å²) < 4.78 is 1.96. The van der Waals surface area contributed by atoms with Crippen LogP contribution in [0.5, 0.6) is 0 Å². The molecule has 0 radical (unpaired) electrons. The first-order valence-electron chi connectivity index (χ1n) is 4.67. The van der Waals surface area contributed by atoms with E-state index in [1.807, 2.05) is 35.2 Å². The molecule has 0 atom stereocenters. The molecule has 0 amide bonds. The molecule has 0 saturated heterocycles. The molecule has 0 aliphatic heterocycles. The van der Waals surface area contributed by atoms with E-state index in [2.05, 4.69) is 17.2 Å². The van der Waals surface area contributed by atoms with Gasteiger partial charge in [0.1, 0.15) is 0 Å². The standard InChI is InChI=1S/C11H13N3/c12-7-3-4-8-14-11-6-2-1-5-10(11)9-13-14/h1-6,9H,7-8,12H2. The number of allylic oxidation sites excluding steroid dienone is 1. The van der Waals surface area contributed by atoms with Gasteiger partial charge in [-0.15, -0.1) is 0 Å². The molecule has 2 aromatic rings. The Morgan fingerprint density at radius 3 is 3.00 bits per heavy atom. The van der Waals surface area contributed by atoms with E-state index >= 15 is 0 Å². The molecule has 0 bridgehead atoms. The van der Waals surface area contributed by atoms with Gasteiger partial charge in [0, 0.05) is 11.9 Å². The molecule has 1 heterocycles. The van der Waals surface area contributed by atoms with E-state index in [4.69, 9.17) is 5.73 Å². The average Bonchev–Trinajstić information content (AvgIpc) is 2.63. The van der Waals surface area contributed by atoms with Crippen molar-refractivity contribution in [3.05, 3.63) is 42.6 Å². The number of rotatable bonds is 3. The van der Waals surface area contributed by atoms with Crippen LogP contribution in [0.2, 0.25) is 0 Å². The molecule has 2 N–H and O–H groups in total. The van der Waals surface area contributed by atoms with Crippen LogP contribution in [0.4, 0.5) is 0 Å². The molecular formula is C11H13N3. The van der Waals surface area contributed by atoms with Crippen molar-refractivity contribution in [1.29, 1.82) is 0 Å². The summed E-state index contributed by atoms with van der Waals surface area (Å²) in [6, 6.07) is 8.17. The van der Waals surface area contributed by atoms with Gasteiger partial charge in [0.15, 0.2) is 0 Å². The molecule has 0 unspecified atom stereocenters. The number of para-hydroxylation sites is 1. The summed E-state index contributed by atoms with van der Waals surface area (Å²) in [6.45, 7) is 1.36. The molecular weight excluding hydrogens is 174 g/mol. The molecule has 0 spiro atoms. The Hall–Kier alpha value is -1.61. The first kappa shape index (κ1) is 8.97. The minimum absolute atomic E-state index is 0.583. The molecule has 1 aromatic heterocycles. The van der Waals surface area contributed by atoms with E-state index in [9.17, 15) is 0 Å². The number of hydrogen-bond donors (Lipinski definition) is 1. The van der Waals surface area contributed by atoms with Crippen molar-refractivity contribution in [3.63, 3.8) is 0 Å². The van der Waals surface area contributed by atoms with Crippen LogP contribution in [0.1, 0.15) is 0 Å². The van der Waals surface area contributed by atoms with Gasteiger partial charge in [-0.25, -0.2) is 0 Å². The third kappa shape index (κ3) is 1.67. The maximum atomic E-state index is 5.36. The largest absolute Gasteiger partial charge is 0.327 e. The second-order valence-corrected chi connectivity index (χ2v) is 3.09. The van der Waals surface area contributed by atoms with E-state index in [1.165, 1.54) is 5.39 Å². The minimum Gasteiger partial charge on any atom is -0.327 e. The van der Waals surface area contributed by atoms with Gasteiger partial charge in [0.25, 0.3) is 0 Å². The maximum Gasteiger partial charge on any atom is 0.0686 e. The minimum atomic E-state index is 0.583. The molecule has 3 nitrogen and oxygen atoms in total. The Bertz CT molecular complexity index is 442. The quantitative estimate of drug-likeness (QED) is 0.741. The van der Waals surface area contributed by atoms with Crippen LogP contribution in [0, 0.1) is 0 Å². The van der Waals surface area contributed by atoms with Gasteiger partial charge in [-0.3, -0.25) is 4.68 Å². The number of aromatic nitrogens is 2. The van der Waals surface area contributed by atoms with Crippen LogP contribution in [-0.4, -0.2) is 16.3 Å². The smallest absolute Gasteiger partial charge is 0.0686 e. The van der Waals surface area contributed by atoms with Crippen molar-refractivity contribution < 1.29 is 0 Å². The lowest BCUT2D eigenvalue weighted by molar-refractivity contribution is 0.727. The van der Waals surface area contributed by atoms with Crippen molar-refractivity contribution in [2.75, 3.05) is 6.54 Å². The van der Waals surface area contributed by atoms with E-state index in [0.29, 0.717) is 6.54 Å². The van der Waals surface area contributed by atoms with Crippen LogP contribution in [-0.2, 0) is 6.54 Å². The fourth-order valence-corrected chi connectivity index (χ4v) is 1.44. The highest BCUT2D eigenvalue weighted by atomic mass is 15.3. The predicted molar refractivity (Wildman–Crippen MR) is 57.9 cm³/mol. The third-order valence-electron chi connectivity index (χ3n) is 2.13. The first-order valence-corrected chi connectivity index (χ1v) is 4.67. The molecule has 72 valence electrons. The second kappa shape index (κ2) is 4.07. The molecule has 14 heavy (non-hydrogen) atoms. The maximum absolute atomic E-state index is 5.36. The number of nitrogens with two attached hydrogens (primary N) is 1. The summed E-state index contributed by atoms with van der Waals surface area (Å²) in [5.74, 6) is 0. The van der Waals surface area contributed by atoms with Crippen molar-refractivity contribution in [1.82, 2.24) is 9.78 Å². The number of hydrogen-bond acceptors (Lipinski definition) is 2. The Morgan fingerprint density at radius 1 is 1.29 bits per heavy atom. The van der Waals surface area contributed by atoms with E-state index in [0.717, 1.165) is 12.1 Å². The lowest BCUT2D eigenvalue weighted by atomic mass is 10.2. The third-order valence-corrected chi connectivity index (χ3v) is 2.13. The number of nitrogens with zero attached hydrogens (tertiary/aromatic N) is 2. The highest BCUT2D eigenvalue weighted by Crippen LogP contribution is 2.12. The molecule has 1 aromatic carbocycles. The Kier molecular flexibility index (Phi) is 2.60. The molecule has 2 rings (SSSR count). The summed E-state index contributed by atoms with van der Waals surface area (Å²) in [5.41, 5.74) is 6.53. The zero-order valence-electron chi connectivity index (χ0n) is 7.93. The molecule has 3 heteroatoms. The highest BCUT2D eigenvalue weighted by molar-refractivity contribution is 5.78. The van der Waals surface area contributed by atoms with Crippen LogP contribution in [0.3, 0.4) is 0 Å². The van der Waals surface area contributed by atoms with Crippen molar-refractivity contribution in [3.8, 4) is 0 Å². The van der Waals surface area contributed by atoms with E-state index in [1.54, 1.807) is 0 Å². The van der Waals surface area contributed by atoms with Crippen LogP contribution < -0.4 is 5.73 Å². The first-order chi connectivity index (χ1) is 6.92. The monoisotopic (exact) mass is 187 g/mol. The predicted octanol–water partition coefficient (Wildman–Crippen LogP) is 1.55. The fourth-order valence-electron chi connectivity index (χ4n) is 1.44. The SMILES string of the molecule is NCC=CCn1ncc2ccccc21. The van der Waals surface area contributed by atoms with Gasteiger partial charge >= 0.3 is 0 Å². The van der Waals surface area contributed by atoms with Crippen LogP contribution in [0.25, 0.3) is 10.9 Å². The van der Waals surface area contributed by atoms with Gasteiger partial charge in [0.2, 0.25) is 0 Å². The van der Waals surface area contributed by atoms with Gasteiger partial charge in [-0.05, 0) is 6.07 Å². The van der Waals surface area contributed by atoms with E-state index in [-0.39, 0.29) is 0 Å². The summed E-state index contributed by atoms with van der Waals surface area (Å²) >= 11 is 0. The zero-order valence-corrected chi connectivity index (χ0v) is 7.93. The van der Waals surface area contributed by atoms with Crippen molar-refractivity contribution in [2.45, 2.75) is 6.54 Å². The molecule has 0 aliphatic rings. The number of benzene rings is 1. The van der Waals surface area contributed by atoms with Gasteiger partial charge in [0.05, 0.1) is 18.3 Å². The molecule has 0 aliphatic carbocycles. The summed E-state index contributed by atoms with van der Waals surface area (Å²) in [5, 5.41) is 5.47. The number of fused-ring (bicyclic) bond motifs is 1. The Balaban J connectivity index is 2.29. The van der Waals surface area contributed by atoms with Crippen molar-refractivity contribution >= 4 is 10.9 Å². The van der Waals surface area contributed by atoms with Gasteiger partial charge in [-0.1, -0.05) is 30.4 Å². The summed E-state index contributed by atoms with van der Waals surface area (Å²) in [4.78, 5) is 0. The second-order valence-electron chi connectivity index (χ2n) is 3.09. The van der Waals surface area contributed by atoms with E-state index < -0.39 is 0 Å². The molecule has 0 fully saturated rings. The Morgan fingerprint density at radius 2 is 2.14 bits per heavy atom. The Labute approximate surface area is 82.8 Å². The average molecular weight is 187 g/mol. The van der Waals surface area contributed by atoms with Crippen LogP contribution in [0.15, 0.2) is 42.6 Å². The zero-order chi connectivity index (χ0) is 9.80. The van der Waals surface area contributed by atoms with Crippen molar-refractivity contribution in [2.24, 2.45) is 5.73 Å². The molecule has 0 saturated carbocycles. The van der Waals surface area contributed by atoms with Gasteiger partial charge in [-0.2, -0.15) is 5.10 Å². The van der Waals surface area contributed by atoms with Gasteiger partial charge < -0.3 is 5.73 Å². The lowest BCUT2D eigenvalue weighted by Crippen LogP contribution is -1.98. The fraction of sp³-hybridized carbons (Fsp3) is 0.182.